The predicted octanol–water partition coefficient (Wildman–Crippen LogP) is 5.54. The molecular formula is C51H55N9O6. The number of rotatable bonds is 12. The van der Waals surface area contributed by atoms with Crippen molar-refractivity contribution < 1.29 is 28.8 Å². The topological polar surface area (TPSA) is 195 Å². The molecule has 4 aliphatic rings. The number of likely N-dealkylation sites (tertiary alicyclic amines) is 2. The smallest absolute Gasteiger partial charge is 0.223 e. The second kappa shape index (κ2) is 19.4. The molecule has 2 aliphatic carbocycles. The van der Waals surface area contributed by atoms with E-state index < -0.39 is 12.2 Å². The summed E-state index contributed by atoms with van der Waals surface area (Å²) in [5, 5.41) is 27.9. The monoisotopic (exact) mass is 889 g/mol. The maximum atomic E-state index is 12.0. The molecule has 6 heterocycles. The quantitative estimate of drug-likeness (QED) is 0.131. The van der Waals surface area contributed by atoms with Crippen molar-refractivity contribution in [3.05, 3.63) is 120 Å². The molecule has 2 saturated carbocycles. The van der Waals surface area contributed by atoms with E-state index in [0.29, 0.717) is 91.2 Å². The molecule has 0 bridgehead atoms. The maximum Gasteiger partial charge on any atom is 0.223 e. The first-order chi connectivity index (χ1) is 32.1. The Balaban J connectivity index is 0.000000166. The summed E-state index contributed by atoms with van der Waals surface area (Å²) in [5.41, 5.74) is 10.8. The molecule has 0 spiro atoms. The third-order valence-corrected chi connectivity index (χ3v) is 13.0. The van der Waals surface area contributed by atoms with Gasteiger partial charge in [-0.05, 0) is 92.5 Å². The summed E-state index contributed by atoms with van der Waals surface area (Å²) in [5.74, 6) is 19.3. The van der Waals surface area contributed by atoms with Crippen molar-refractivity contribution in [3.8, 4) is 46.3 Å². The minimum atomic E-state index is -0.646. The third-order valence-electron chi connectivity index (χ3n) is 13.0. The molecule has 2 aromatic carbocycles. The Morgan fingerprint density at radius 2 is 1.09 bits per heavy atom. The highest BCUT2D eigenvalue weighted by Crippen LogP contribution is 2.52. The van der Waals surface area contributed by atoms with Crippen LogP contribution in [-0.4, -0.2) is 94.0 Å². The van der Waals surface area contributed by atoms with Crippen LogP contribution in [0.5, 0.6) is 0 Å². The van der Waals surface area contributed by atoms with Crippen LogP contribution >= 0.6 is 0 Å². The Morgan fingerprint density at radius 3 is 1.47 bits per heavy atom. The lowest BCUT2D eigenvalue weighted by Crippen LogP contribution is -2.32. The van der Waals surface area contributed by atoms with E-state index in [4.69, 9.17) is 14.8 Å². The molecule has 4 aromatic heterocycles. The van der Waals surface area contributed by atoms with Gasteiger partial charge in [-0.1, -0.05) is 40.9 Å². The van der Waals surface area contributed by atoms with E-state index in [2.05, 4.69) is 44.0 Å². The fraction of sp³-hybridized carbons (Fsp3) is 0.412. The van der Waals surface area contributed by atoms with Gasteiger partial charge in [-0.15, -0.1) is 0 Å². The van der Waals surface area contributed by atoms with Crippen molar-refractivity contribution >= 4 is 11.8 Å². The number of aliphatic hydroxyl groups excluding tert-OH is 2. The average Bonchev–Trinajstić information content (AvgIpc) is 3.96. The summed E-state index contributed by atoms with van der Waals surface area (Å²) in [7, 11) is 0. The number of carbonyl (C=O) groups is 2. The van der Waals surface area contributed by atoms with Gasteiger partial charge in [-0.25, -0.2) is 9.97 Å². The van der Waals surface area contributed by atoms with Crippen LogP contribution in [0, 0.1) is 59.2 Å². The van der Waals surface area contributed by atoms with E-state index in [1.165, 1.54) is 0 Å². The maximum absolute atomic E-state index is 12.0. The first kappa shape index (κ1) is 44.4. The van der Waals surface area contributed by atoms with Gasteiger partial charge in [0.05, 0.1) is 13.1 Å². The van der Waals surface area contributed by atoms with Crippen LogP contribution in [0.1, 0.15) is 86.4 Å². The van der Waals surface area contributed by atoms with Crippen molar-refractivity contribution in [2.24, 2.45) is 41.2 Å². The van der Waals surface area contributed by atoms with Crippen molar-refractivity contribution in [1.29, 1.82) is 0 Å². The normalized spacial score (nSPS) is 21.9. The molecule has 10 rings (SSSR count). The van der Waals surface area contributed by atoms with E-state index in [1.807, 2.05) is 98.9 Å². The predicted molar refractivity (Wildman–Crippen MR) is 244 cm³/mol. The number of carbonyl (C=O) groups excluding carboxylic acids is 2. The van der Waals surface area contributed by atoms with Crippen LogP contribution in [0.15, 0.2) is 94.5 Å². The van der Waals surface area contributed by atoms with Crippen molar-refractivity contribution in [2.45, 2.75) is 65.3 Å². The van der Waals surface area contributed by atoms with Gasteiger partial charge in [0.1, 0.15) is 35.2 Å². The minimum Gasteiger partial charge on any atom is -0.385 e. The van der Waals surface area contributed by atoms with Crippen molar-refractivity contribution in [1.82, 2.24) is 39.2 Å². The van der Waals surface area contributed by atoms with Crippen LogP contribution in [0.3, 0.4) is 0 Å². The Kier molecular flexibility index (Phi) is 13.0. The molecule has 66 heavy (non-hydrogen) atoms. The van der Waals surface area contributed by atoms with Crippen LogP contribution in [0.2, 0.25) is 0 Å². The number of hydrogen-bond acceptors (Lipinski definition) is 11. The van der Waals surface area contributed by atoms with E-state index in [9.17, 15) is 19.8 Å². The average molecular weight is 890 g/mol. The highest BCUT2D eigenvalue weighted by atomic mass is 16.5. The number of nitrogens with zero attached hydrogens (tertiary/aromatic N) is 8. The zero-order chi connectivity index (χ0) is 45.9. The van der Waals surface area contributed by atoms with Gasteiger partial charge in [0.2, 0.25) is 11.8 Å². The second-order valence-corrected chi connectivity index (χ2v) is 17.8. The molecule has 6 aromatic rings. The molecule has 2 amide bonds. The number of nitrogens with two attached hydrogens (primary N) is 1. The Morgan fingerprint density at radius 1 is 0.682 bits per heavy atom. The Bertz CT molecular complexity index is 2560. The van der Waals surface area contributed by atoms with Crippen molar-refractivity contribution in [3.63, 3.8) is 0 Å². The fourth-order valence-corrected chi connectivity index (χ4v) is 9.35. The molecule has 2 unspecified atom stereocenters. The molecule has 8 atom stereocenters. The number of imidazole rings is 2. The lowest BCUT2D eigenvalue weighted by Gasteiger charge is -2.18. The molecule has 2 saturated heterocycles. The summed E-state index contributed by atoms with van der Waals surface area (Å²) in [6, 6.07) is 19.7. The minimum absolute atomic E-state index is 0.163. The first-order valence-corrected chi connectivity index (χ1v) is 22.9. The van der Waals surface area contributed by atoms with Gasteiger partial charge in [-0.2, -0.15) is 0 Å². The van der Waals surface area contributed by atoms with Crippen LogP contribution in [-0.2, 0) is 22.7 Å². The lowest BCUT2D eigenvalue weighted by molar-refractivity contribution is -0.131. The van der Waals surface area contributed by atoms with Crippen LogP contribution < -0.4 is 5.73 Å². The Labute approximate surface area is 384 Å². The van der Waals surface area contributed by atoms with E-state index in [-0.39, 0.29) is 11.8 Å². The number of aromatic nitrogens is 6. The SMILES string of the molecule is CCCC(=O)N1C[C@@H]2C(C#Cc3ccc(-c4cc(Cn5ccnc5[C@H](C)O)no4)cc3)[C@@H]2C1.C[C@H](O)c1nccn1Cc1cc(-c2ccc(C#CC3[C@H]4CN(C(=O)CCN)C[C@@H]34)cc2)on1. The number of piperidine rings is 2. The highest BCUT2D eigenvalue weighted by molar-refractivity contribution is 5.77. The summed E-state index contributed by atoms with van der Waals surface area (Å²) in [4.78, 5) is 36.3. The molecular weight excluding hydrogens is 835 g/mol. The van der Waals surface area contributed by atoms with Crippen molar-refractivity contribution in [2.75, 3.05) is 32.7 Å². The summed E-state index contributed by atoms with van der Waals surface area (Å²) >= 11 is 0. The zero-order valence-electron chi connectivity index (χ0n) is 37.5. The first-order valence-electron chi connectivity index (χ1n) is 22.9. The lowest BCUT2D eigenvalue weighted by atomic mass is 10.1. The molecule has 4 N–H and O–H groups in total. The Hall–Kier alpha value is -6.78. The second-order valence-electron chi connectivity index (χ2n) is 17.8. The molecule has 15 nitrogen and oxygen atoms in total. The van der Waals surface area contributed by atoms with Gasteiger partial charge in [0.15, 0.2) is 11.5 Å². The molecule has 340 valence electrons. The summed E-state index contributed by atoms with van der Waals surface area (Å²) in [6.45, 7) is 10.2. The third kappa shape index (κ3) is 9.89. The highest BCUT2D eigenvalue weighted by Gasteiger charge is 2.56. The molecule has 2 aliphatic heterocycles. The summed E-state index contributed by atoms with van der Waals surface area (Å²) < 4.78 is 14.8. The number of fused-ring (bicyclic) bond motifs is 2. The zero-order valence-corrected chi connectivity index (χ0v) is 37.5. The van der Waals surface area contributed by atoms with Gasteiger partial charge < -0.3 is 43.9 Å². The fourth-order valence-electron chi connectivity index (χ4n) is 9.35. The number of amides is 2. The number of aliphatic hydroxyl groups is 2. The number of benzene rings is 2. The molecule has 15 heteroatoms. The van der Waals surface area contributed by atoms with E-state index >= 15 is 0 Å². The van der Waals surface area contributed by atoms with Gasteiger partial charge in [0.25, 0.3) is 0 Å². The van der Waals surface area contributed by atoms with Crippen LogP contribution in [0.4, 0.5) is 0 Å². The van der Waals surface area contributed by atoms with Gasteiger partial charge >= 0.3 is 0 Å². The van der Waals surface area contributed by atoms with Gasteiger partial charge in [-0.3, -0.25) is 9.59 Å². The number of hydrogen-bond donors (Lipinski definition) is 3. The molecule has 0 radical (unpaired) electrons. The van der Waals surface area contributed by atoms with Crippen LogP contribution in [0.25, 0.3) is 22.6 Å². The molecule has 4 fully saturated rings. The van der Waals surface area contributed by atoms with Gasteiger partial charge in [0, 0.05) is 117 Å². The van der Waals surface area contributed by atoms with E-state index in [0.717, 1.165) is 66.2 Å². The summed E-state index contributed by atoms with van der Waals surface area (Å²) in [6.07, 6.45) is 7.67. The standard InChI is InChI=1S/C26H28N4O3.C25H27N5O3/c1-3-4-25(32)30-15-22-21(23(22)16-30)10-7-18-5-8-19(9-6-18)24-13-20(28-33-24)14-29-12-11-27-26(29)17(2)31;1-16(31)25-27-10-11-29(25)13-19-12-23(33-28-19)18-5-2-17(3-6-18)4-7-20-21-14-30(15-22(20)21)24(32)8-9-26/h5-6,8-9,11-13,17,21-23,31H,3-4,14-16H2,1-2H3;2-3,5-6,10-12,16,20-22,31H,8-9,13-15,26H2,1H3/t17-,21?,22-,23+;16-,20?,21-,22+/m00/s1. The largest absolute Gasteiger partial charge is 0.385 e. The van der Waals surface area contributed by atoms with E-state index in [1.54, 1.807) is 26.2 Å².